The maximum absolute atomic E-state index is 14.6. The van der Waals surface area contributed by atoms with Gasteiger partial charge in [0.25, 0.3) is 0 Å². The van der Waals surface area contributed by atoms with E-state index in [0.717, 1.165) is 12.8 Å². The van der Waals surface area contributed by atoms with Gasteiger partial charge in [-0.05, 0) is 24.8 Å². The smallest absolute Gasteiger partial charge is 0.419 e. The number of alkyl halides is 3. The van der Waals surface area contributed by atoms with E-state index in [1.807, 2.05) is 11.9 Å². The molecule has 4 rings (SSSR count). The summed E-state index contributed by atoms with van der Waals surface area (Å²) in [5.74, 6) is -4.63. The highest BCUT2D eigenvalue weighted by molar-refractivity contribution is 5.91. The molecule has 3 aromatic rings. The van der Waals surface area contributed by atoms with Gasteiger partial charge in [-0.15, -0.1) is 0 Å². The van der Waals surface area contributed by atoms with Crippen LogP contribution in [0.25, 0.3) is 22.3 Å². The van der Waals surface area contributed by atoms with Crippen LogP contribution in [0.3, 0.4) is 0 Å². The van der Waals surface area contributed by atoms with Crippen molar-refractivity contribution in [3.05, 3.63) is 29.5 Å². The van der Waals surface area contributed by atoms with Gasteiger partial charge in [-0.1, -0.05) is 13.8 Å². The lowest BCUT2D eigenvalue weighted by Crippen LogP contribution is -2.42. The molecule has 3 heterocycles. The zero-order valence-corrected chi connectivity index (χ0v) is 19.0. The number of aromatic hydroxyl groups is 1. The van der Waals surface area contributed by atoms with Crippen LogP contribution in [0.2, 0.25) is 0 Å². The van der Waals surface area contributed by atoms with Crippen molar-refractivity contribution < 1.29 is 31.8 Å². The van der Waals surface area contributed by atoms with Gasteiger partial charge in [0.2, 0.25) is 5.95 Å². The normalized spacial score (nSPS) is 19.2. The number of ether oxygens (including phenoxy) is 1. The van der Waals surface area contributed by atoms with Gasteiger partial charge in [-0.3, -0.25) is 0 Å². The molecule has 1 aliphatic rings. The number of halogens is 5. The van der Waals surface area contributed by atoms with E-state index in [1.165, 1.54) is 17.9 Å². The van der Waals surface area contributed by atoms with Crippen molar-refractivity contribution in [1.29, 1.82) is 0 Å². The molecule has 12 heteroatoms. The van der Waals surface area contributed by atoms with E-state index in [2.05, 4.69) is 28.9 Å². The Balaban J connectivity index is 1.76. The zero-order valence-electron chi connectivity index (χ0n) is 19.0. The highest BCUT2D eigenvalue weighted by Crippen LogP contribution is 2.41. The first-order chi connectivity index (χ1) is 15.9. The average Bonchev–Trinajstić information content (AvgIpc) is 3.12. The van der Waals surface area contributed by atoms with E-state index in [4.69, 9.17) is 4.74 Å². The van der Waals surface area contributed by atoms with Crippen molar-refractivity contribution in [3.8, 4) is 17.0 Å². The Morgan fingerprint density at radius 1 is 1.24 bits per heavy atom. The van der Waals surface area contributed by atoms with E-state index in [9.17, 15) is 27.1 Å². The van der Waals surface area contributed by atoms with Gasteiger partial charge < -0.3 is 14.7 Å². The number of rotatable bonds is 4. The van der Waals surface area contributed by atoms with Crippen LogP contribution in [0.5, 0.6) is 5.75 Å². The summed E-state index contributed by atoms with van der Waals surface area (Å²) < 4.78 is 75.3. The molecule has 0 amide bonds. The van der Waals surface area contributed by atoms with Crippen LogP contribution in [0, 0.1) is 17.6 Å². The van der Waals surface area contributed by atoms with Crippen LogP contribution in [0.1, 0.15) is 32.3 Å². The minimum absolute atomic E-state index is 0.102. The van der Waals surface area contributed by atoms with E-state index in [0.29, 0.717) is 24.5 Å². The summed E-state index contributed by atoms with van der Waals surface area (Å²) in [6.45, 7) is 4.78. The molecule has 0 bridgehead atoms. The molecule has 0 radical (unpaired) electrons. The molecule has 0 aliphatic carbocycles. The molecular weight excluding hydrogens is 461 g/mol. The van der Waals surface area contributed by atoms with Crippen LogP contribution in [-0.2, 0) is 18.0 Å². The minimum Gasteiger partial charge on any atom is -0.503 e. The Kier molecular flexibility index (Phi) is 6.13. The number of aromatic nitrogens is 4. The van der Waals surface area contributed by atoms with Crippen molar-refractivity contribution in [3.63, 3.8) is 0 Å². The second-order valence-corrected chi connectivity index (χ2v) is 8.77. The fourth-order valence-electron chi connectivity index (χ4n) is 4.19. The SMILES string of the molecule is CC(C)[C@@H]1C[C@@H](N(C)c2ncc3c(-c4cc(C(F)(F)F)c(F)c(O)c4F)nn(C)c3n2)CCO1. The summed E-state index contributed by atoms with van der Waals surface area (Å²) in [4.78, 5) is 10.7. The Labute approximate surface area is 192 Å². The first-order valence-corrected chi connectivity index (χ1v) is 10.7. The maximum Gasteiger partial charge on any atom is 0.419 e. The molecule has 1 saturated heterocycles. The third kappa shape index (κ3) is 4.15. The first-order valence-electron chi connectivity index (χ1n) is 10.7. The number of fused-ring (bicyclic) bond motifs is 1. The zero-order chi connectivity index (χ0) is 24.9. The van der Waals surface area contributed by atoms with Crippen molar-refractivity contribution in [2.24, 2.45) is 13.0 Å². The molecule has 2 aromatic heterocycles. The molecular formula is C22H24F5N5O2. The molecule has 0 unspecified atom stereocenters. The Morgan fingerprint density at radius 3 is 2.59 bits per heavy atom. The molecule has 1 fully saturated rings. The number of anilines is 1. The largest absolute Gasteiger partial charge is 0.503 e. The summed E-state index contributed by atoms with van der Waals surface area (Å²) in [6.07, 6.45) is -2.14. The van der Waals surface area contributed by atoms with Crippen molar-refractivity contribution in [2.75, 3.05) is 18.6 Å². The average molecular weight is 485 g/mol. The molecule has 1 aromatic carbocycles. The van der Waals surface area contributed by atoms with Crippen molar-refractivity contribution >= 4 is 17.0 Å². The summed E-state index contributed by atoms with van der Waals surface area (Å²) in [6, 6.07) is 0.410. The van der Waals surface area contributed by atoms with Gasteiger partial charge in [0, 0.05) is 38.5 Å². The third-order valence-electron chi connectivity index (χ3n) is 6.20. The van der Waals surface area contributed by atoms with Crippen LogP contribution < -0.4 is 4.90 Å². The van der Waals surface area contributed by atoms with Crippen LogP contribution in [-0.4, -0.2) is 50.7 Å². The summed E-state index contributed by atoms with van der Waals surface area (Å²) in [5.41, 5.74) is -2.49. The second kappa shape index (κ2) is 8.64. The number of benzene rings is 1. The number of aryl methyl sites for hydroxylation is 1. The van der Waals surface area contributed by atoms with Gasteiger partial charge in [0.15, 0.2) is 23.0 Å². The van der Waals surface area contributed by atoms with E-state index >= 15 is 0 Å². The Hall–Kier alpha value is -3.02. The monoisotopic (exact) mass is 485 g/mol. The van der Waals surface area contributed by atoms with E-state index < -0.39 is 34.7 Å². The highest BCUT2D eigenvalue weighted by atomic mass is 19.4. The number of phenolic OH excluding ortho intramolecular Hbond substituents is 1. The number of hydrogen-bond donors (Lipinski definition) is 1. The highest BCUT2D eigenvalue weighted by Gasteiger charge is 2.38. The molecule has 184 valence electrons. The quantitative estimate of drug-likeness (QED) is 0.542. The lowest BCUT2D eigenvalue weighted by molar-refractivity contribution is -0.140. The second-order valence-electron chi connectivity index (χ2n) is 8.77. The third-order valence-corrected chi connectivity index (χ3v) is 6.20. The van der Waals surface area contributed by atoms with Crippen LogP contribution in [0.15, 0.2) is 12.3 Å². The van der Waals surface area contributed by atoms with E-state index in [-0.39, 0.29) is 28.9 Å². The molecule has 1 N–H and O–H groups in total. The number of hydrogen-bond acceptors (Lipinski definition) is 6. The van der Waals surface area contributed by atoms with Crippen LogP contribution in [0.4, 0.5) is 27.9 Å². The Bertz CT molecular complexity index is 1230. The summed E-state index contributed by atoms with van der Waals surface area (Å²) in [5, 5.41) is 13.9. The predicted octanol–water partition coefficient (Wildman–Crippen LogP) is 4.67. The topological polar surface area (TPSA) is 76.3 Å². The van der Waals surface area contributed by atoms with Gasteiger partial charge in [0.1, 0.15) is 5.69 Å². The van der Waals surface area contributed by atoms with E-state index in [1.54, 1.807) is 0 Å². The standard InChI is InChI=1S/C22H24F5N5O2/c1-10(2)15-7-11(5-6-34-15)31(3)21-28-9-13-18(30-32(4)20(13)29-21)12-8-14(22(25,26)27)17(24)19(33)16(12)23/h8-11,15,33H,5-7H2,1-4H3/t11-,15-/m0/s1. The van der Waals surface area contributed by atoms with Gasteiger partial charge >= 0.3 is 6.18 Å². The summed E-state index contributed by atoms with van der Waals surface area (Å²) >= 11 is 0. The minimum atomic E-state index is -5.14. The Morgan fingerprint density at radius 2 is 1.94 bits per heavy atom. The predicted molar refractivity (Wildman–Crippen MR) is 114 cm³/mol. The fraction of sp³-hybridized carbons (Fsp3) is 0.500. The van der Waals surface area contributed by atoms with Gasteiger partial charge in [-0.2, -0.15) is 23.3 Å². The van der Waals surface area contributed by atoms with Crippen molar-refractivity contribution in [2.45, 2.75) is 45.0 Å². The molecule has 0 spiro atoms. The maximum atomic E-state index is 14.6. The van der Waals surface area contributed by atoms with Crippen molar-refractivity contribution in [1.82, 2.24) is 19.7 Å². The lowest BCUT2D eigenvalue weighted by atomic mass is 9.95. The molecule has 34 heavy (non-hydrogen) atoms. The van der Waals surface area contributed by atoms with Gasteiger partial charge in [-0.25, -0.2) is 18.4 Å². The first kappa shape index (κ1) is 24.1. The number of nitrogens with zero attached hydrogens (tertiary/aromatic N) is 5. The molecule has 2 atom stereocenters. The fourth-order valence-corrected chi connectivity index (χ4v) is 4.19. The molecule has 1 aliphatic heterocycles. The lowest BCUT2D eigenvalue weighted by Gasteiger charge is -2.37. The van der Waals surface area contributed by atoms with Gasteiger partial charge in [0.05, 0.1) is 17.1 Å². The molecule has 7 nitrogen and oxygen atoms in total. The van der Waals surface area contributed by atoms with Crippen LogP contribution >= 0.6 is 0 Å². The molecule has 0 saturated carbocycles. The summed E-state index contributed by atoms with van der Waals surface area (Å²) in [7, 11) is 3.34. The number of phenols is 1.